The minimum absolute atomic E-state index is 0.193. The highest BCUT2D eigenvalue weighted by Crippen LogP contribution is 2.12. The number of likely N-dealkylation sites (N-methyl/N-ethyl adjacent to an activating group) is 1. The first-order chi connectivity index (χ1) is 7.67. The number of hydrogen-bond acceptors (Lipinski definition) is 4. The van der Waals surface area contributed by atoms with Crippen LogP contribution in [0.1, 0.15) is 33.6 Å². The van der Waals surface area contributed by atoms with Crippen LogP contribution >= 0.6 is 0 Å². The standard InChI is InChI=1S/C12H27N3O2/c1-6-12(13,7-2)10(16)14-8-11(3,17)9-15(4)5/h17H,6-9,13H2,1-5H3,(H,14,16). The number of carbonyl (C=O) groups is 1. The van der Waals surface area contributed by atoms with Crippen molar-refractivity contribution in [3.05, 3.63) is 0 Å². The third-order valence-corrected chi connectivity index (χ3v) is 3.00. The number of hydrogen-bond donors (Lipinski definition) is 3. The molecular formula is C12H27N3O2. The molecule has 0 fully saturated rings. The Morgan fingerprint density at radius 1 is 1.35 bits per heavy atom. The van der Waals surface area contributed by atoms with Crippen LogP contribution in [0.5, 0.6) is 0 Å². The number of carbonyl (C=O) groups excluding carboxylic acids is 1. The summed E-state index contributed by atoms with van der Waals surface area (Å²) in [6.45, 7) is 6.18. The second kappa shape index (κ2) is 6.33. The van der Waals surface area contributed by atoms with Gasteiger partial charge in [0, 0.05) is 13.1 Å². The summed E-state index contributed by atoms with van der Waals surface area (Å²) in [6, 6.07) is 0. The van der Waals surface area contributed by atoms with E-state index in [1.165, 1.54) is 0 Å². The van der Waals surface area contributed by atoms with E-state index in [4.69, 9.17) is 5.73 Å². The van der Waals surface area contributed by atoms with Crippen LogP contribution in [0.25, 0.3) is 0 Å². The second-order valence-corrected chi connectivity index (χ2v) is 5.28. The Morgan fingerprint density at radius 3 is 2.18 bits per heavy atom. The quantitative estimate of drug-likeness (QED) is 0.587. The number of nitrogens with two attached hydrogens (primary N) is 1. The van der Waals surface area contributed by atoms with Gasteiger partial charge in [-0.05, 0) is 33.9 Å². The van der Waals surface area contributed by atoms with E-state index in [9.17, 15) is 9.90 Å². The maximum absolute atomic E-state index is 11.9. The molecule has 1 unspecified atom stereocenters. The average Bonchev–Trinajstić information content (AvgIpc) is 2.23. The van der Waals surface area contributed by atoms with E-state index < -0.39 is 11.1 Å². The Morgan fingerprint density at radius 2 is 1.82 bits per heavy atom. The molecule has 0 saturated carbocycles. The van der Waals surface area contributed by atoms with E-state index in [-0.39, 0.29) is 12.5 Å². The smallest absolute Gasteiger partial charge is 0.240 e. The van der Waals surface area contributed by atoms with Crippen LogP contribution in [-0.2, 0) is 4.79 Å². The van der Waals surface area contributed by atoms with E-state index >= 15 is 0 Å². The summed E-state index contributed by atoms with van der Waals surface area (Å²) >= 11 is 0. The zero-order valence-electron chi connectivity index (χ0n) is 11.7. The predicted octanol–water partition coefficient (Wildman–Crippen LogP) is -0.0673. The number of nitrogens with zero attached hydrogens (tertiary/aromatic N) is 1. The van der Waals surface area contributed by atoms with Gasteiger partial charge in [-0.2, -0.15) is 0 Å². The third-order valence-electron chi connectivity index (χ3n) is 3.00. The normalized spacial score (nSPS) is 15.8. The van der Waals surface area contributed by atoms with E-state index in [1.54, 1.807) is 6.92 Å². The van der Waals surface area contributed by atoms with Crippen molar-refractivity contribution in [3.63, 3.8) is 0 Å². The zero-order valence-corrected chi connectivity index (χ0v) is 11.7. The minimum atomic E-state index is -0.943. The van der Waals surface area contributed by atoms with E-state index in [0.717, 1.165) is 0 Å². The van der Waals surface area contributed by atoms with Gasteiger partial charge in [-0.1, -0.05) is 13.8 Å². The number of rotatable bonds is 7. The van der Waals surface area contributed by atoms with Gasteiger partial charge in [0.25, 0.3) is 0 Å². The van der Waals surface area contributed by atoms with Gasteiger partial charge in [-0.25, -0.2) is 0 Å². The largest absolute Gasteiger partial charge is 0.387 e. The Hall–Kier alpha value is -0.650. The lowest BCUT2D eigenvalue weighted by atomic mass is 9.93. The molecule has 17 heavy (non-hydrogen) atoms. The third kappa shape index (κ3) is 5.48. The monoisotopic (exact) mass is 245 g/mol. The van der Waals surface area contributed by atoms with Gasteiger partial charge in [-0.15, -0.1) is 0 Å². The Bertz CT molecular complexity index is 248. The van der Waals surface area contributed by atoms with Crippen molar-refractivity contribution in [2.24, 2.45) is 5.73 Å². The highest BCUT2D eigenvalue weighted by atomic mass is 16.3. The van der Waals surface area contributed by atoms with E-state index in [0.29, 0.717) is 19.4 Å². The van der Waals surface area contributed by atoms with Crippen molar-refractivity contribution in [1.29, 1.82) is 0 Å². The summed E-state index contributed by atoms with van der Waals surface area (Å²) in [6.07, 6.45) is 1.18. The minimum Gasteiger partial charge on any atom is -0.387 e. The maximum atomic E-state index is 11.9. The fraction of sp³-hybridized carbons (Fsp3) is 0.917. The van der Waals surface area contributed by atoms with E-state index in [2.05, 4.69) is 5.32 Å². The van der Waals surface area contributed by atoms with Crippen molar-refractivity contribution in [2.75, 3.05) is 27.2 Å². The van der Waals surface area contributed by atoms with Gasteiger partial charge in [0.15, 0.2) is 0 Å². The SMILES string of the molecule is CCC(N)(CC)C(=O)NCC(C)(O)CN(C)C. The Labute approximate surface area is 104 Å². The van der Waals surface area contributed by atoms with Crippen molar-refractivity contribution < 1.29 is 9.90 Å². The van der Waals surface area contributed by atoms with Crippen molar-refractivity contribution in [1.82, 2.24) is 10.2 Å². The van der Waals surface area contributed by atoms with Gasteiger partial charge in [0.2, 0.25) is 5.91 Å². The first-order valence-corrected chi connectivity index (χ1v) is 6.11. The number of nitrogens with one attached hydrogen (secondary N) is 1. The van der Waals surface area contributed by atoms with Crippen LogP contribution in [0.2, 0.25) is 0 Å². The molecule has 0 radical (unpaired) electrons. The average molecular weight is 245 g/mol. The first kappa shape index (κ1) is 16.4. The molecule has 0 rings (SSSR count). The molecule has 0 heterocycles. The van der Waals surface area contributed by atoms with Crippen LogP contribution in [0, 0.1) is 0 Å². The molecule has 1 amide bonds. The number of aliphatic hydroxyl groups is 1. The lowest BCUT2D eigenvalue weighted by Crippen LogP contribution is -2.56. The summed E-state index contributed by atoms with van der Waals surface area (Å²) in [5.41, 5.74) is 4.20. The molecule has 0 aromatic carbocycles. The Balaban J connectivity index is 4.33. The molecular weight excluding hydrogens is 218 g/mol. The predicted molar refractivity (Wildman–Crippen MR) is 69.7 cm³/mol. The van der Waals surface area contributed by atoms with Crippen LogP contribution in [0.4, 0.5) is 0 Å². The summed E-state index contributed by atoms with van der Waals surface area (Å²) in [4.78, 5) is 13.8. The van der Waals surface area contributed by atoms with E-state index in [1.807, 2.05) is 32.8 Å². The molecule has 5 heteroatoms. The maximum Gasteiger partial charge on any atom is 0.240 e. The topological polar surface area (TPSA) is 78.6 Å². The Kier molecular flexibility index (Phi) is 6.09. The molecule has 102 valence electrons. The molecule has 0 aromatic heterocycles. The highest BCUT2D eigenvalue weighted by Gasteiger charge is 2.31. The van der Waals surface area contributed by atoms with Crippen LogP contribution in [0.15, 0.2) is 0 Å². The van der Waals surface area contributed by atoms with Crippen LogP contribution in [0.3, 0.4) is 0 Å². The summed E-state index contributed by atoms with van der Waals surface area (Å²) < 4.78 is 0. The molecule has 0 saturated heterocycles. The molecule has 0 bridgehead atoms. The summed E-state index contributed by atoms with van der Waals surface area (Å²) in [7, 11) is 3.75. The van der Waals surface area contributed by atoms with Crippen molar-refractivity contribution >= 4 is 5.91 Å². The molecule has 0 spiro atoms. The lowest BCUT2D eigenvalue weighted by molar-refractivity contribution is -0.127. The molecule has 0 aliphatic rings. The molecule has 0 aromatic rings. The van der Waals surface area contributed by atoms with Gasteiger partial charge in [-0.3, -0.25) is 4.79 Å². The van der Waals surface area contributed by atoms with Gasteiger partial charge in [0.05, 0.1) is 11.1 Å². The molecule has 0 aliphatic carbocycles. The molecule has 1 atom stereocenters. The van der Waals surface area contributed by atoms with Gasteiger partial charge in [0.1, 0.15) is 0 Å². The molecule has 5 nitrogen and oxygen atoms in total. The van der Waals surface area contributed by atoms with Gasteiger partial charge < -0.3 is 21.1 Å². The van der Waals surface area contributed by atoms with Crippen LogP contribution < -0.4 is 11.1 Å². The second-order valence-electron chi connectivity index (χ2n) is 5.28. The zero-order chi connectivity index (χ0) is 13.7. The fourth-order valence-electron chi connectivity index (χ4n) is 1.75. The van der Waals surface area contributed by atoms with Gasteiger partial charge >= 0.3 is 0 Å². The summed E-state index contributed by atoms with van der Waals surface area (Å²) in [5.74, 6) is -0.193. The highest BCUT2D eigenvalue weighted by molar-refractivity contribution is 5.85. The molecule has 4 N–H and O–H groups in total. The molecule has 0 aliphatic heterocycles. The fourth-order valence-corrected chi connectivity index (χ4v) is 1.75. The number of amides is 1. The van der Waals surface area contributed by atoms with Crippen molar-refractivity contribution in [3.8, 4) is 0 Å². The lowest BCUT2D eigenvalue weighted by Gasteiger charge is -2.30. The van der Waals surface area contributed by atoms with Crippen LogP contribution in [-0.4, -0.2) is 54.2 Å². The summed E-state index contributed by atoms with van der Waals surface area (Å²) in [5, 5.41) is 12.8. The first-order valence-electron chi connectivity index (χ1n) is 6.11. The van der Waals surface area contributed by atoms with Crippen molar-refractivity contribution in [2.45, 2.75) is 44.8 Å².